The van der Waals surface area contributed by atoms with Crippen LogP contribution in [0.3, 0.4) is 0 Å². The lowest BCUT2D eigenvalue weighted by Crippen LogP contribution is -2.53. The summed E-state index contributed by atoms with van der Waals surface area (Å²) in [4.78, 5) is 10.6. The third-order valence-corrected chi connectivity index (χ3v) is 2.82. The number of carboxylic acids is 1. The zero-order chi connectivity index (χ0) is 7.61. The molecule has 1 N–H and O–H groups in total. The highest BCUT2D eigenvalue weighted by Crippen LogP contribution is 2.33. The second-order valence-electron chi connectivity index (χ2n) is 2.23. The molecule has 3 nitrogen and oxygen atoms in total. The Labute approximate surface area is 63.8 Å². The Kier molecular flexibility index (Phi) is 2.21. The maximum absolute atomic E-state index is 10.6. The van der Waals surface area contributed by atoms with Gasteiger partial charge in [-0.1, -0.05) is 0 Å². The van der Waals surface area contributed by atoms with Gasteiger partial charge >= 0.3 is 5.97 Å². The zero-order valence-corrected chi connectivity index (χ0v) is 6.61. The van der Waals surface area contributed by atoms with Gasteiger partial charge in [0.05, 0.1) is 0 Å². The van der Waals surface area contributed by atoms with Crippen molar-refractivity contribution in [2.45, 2.75) is 12.5 Å². The van der Waals surface area contributed by atoms with Crippen LogP contribution in [0.5, 0.6) is 0 Å². The average Bonchev–Trinajstić information content (AvgIpc) is 1.77. The molecule has 1 rings (SSSR count). The molecule has 0 aromatic rings. The molecule has 10 heavy (non-hydrogen) atoms. The van der Waals surface area contributed by atoms with Gasteiger partial charge in [-0.3, -0.25) is 0 Å². The van der Waals surface area contributed by atoms with E-state index in [1.807, 2.05) is 6.92 Å². The molecule has 1 fully saturated rings. The van der Waals surface area contributed by atoms with Gasteiger partial charge in [0.15, 0.2) is 5.60 Å². The first kappa shape index (κ1) is 7.88. The minimum atomic E-state index is -0.848. The Balaban J connectivity index is 2.50. The van der Waals surface area contributed by atoms with Crippen LogP contribution in [0.1, 0.15) is 6.92 Å². The van der Waals surface area contributed by atoms with Crippen molar-refractivity contribution in [3.63, 3.8) is 0 Å². The molecule has 0 saturated carbocycles. The van der Waals surface area contributed by atoms with Crippen molar-refractivity contribution in [2.24, 2.45) is 0 Å². The molecule has 0 aliphatic carbocycles. The molecule has 1 aliphatic heterocycles. The Morgan fingerprint density at radius 2 is 2.40 bits per heavy atom. The van der Waals surface area contributed by atoms with Crippen molar-refractivity contribution in [2.75, 3.05) is 18.1 Å². The maximum atomic E-state index is 10.6. The maximum Gasteiger partial charge on any atom is 0.337 e. The van der Waals surface area contributed by atoms with E-state index in [1.165, 1.54) is 0 Å². The van der Waals surface area contributed by atoms with Gasteiger partial charge in [-0.2, -0.15) is 11.8 Å². The molecule has 0 atom stereocenters. The predicted molar refractivity (Wildman–Crippen MR) is 39.3 cm³/mol. The zero-order valence-electron chi connectivity index (χ0n) is 5.79. The van der Waals surface area contributed by atoms with Crippen molar-refractivity contribution < 1.29 is 14.6 Å². The van der Waals surface area contributed by atoms with Crippen molar-refractivity contribution >= 4 is 17.7 Å². The van der Waals surface area contributed by atoms with E-state index in [1.54, 1.807) is 11.8 Å². The third kappa shape index (κ3) is 1.13. The van der Waals surface area contributed by atoms with Crippen LogP contribution in [0, 0.1) is 0 Å². The third-order valence-electron chi connectivity index (χ3n) is 1.48. The van der Waals surface area contributed by atoms with Crippen molar-refractivity contribution in [3.8, 4) is 0 Å². The molecule has 0 radical (unpaired) electrons. The molecule has 0 bridgehead atoms. The number of thioether (sulfide) groups is 1. The Bertz CT molecular complexity index is 142. The van der Waals surface area contributed by atoms with Crippen LogP contribution in [-0.2, 0) is 9.53 Å². The second kappa shape index (κ2) is 2.80. The van der Waals surface area contributed by atoms with Crippen molar-refractivity contribution in [3.05, 3.63) is 0 Å². The van der Waals surface area contributed by atoms with E-state index < -0.39 is 11.6 Å². The van der Waals surface area contributed by atoms with Gasteiger partial charge < -0.3 is 9.84 Å². The predicted octanol–water partition coefficient (Wildman–Crippen LogP) is 0.593. The smallest absolute Gasteiger partial charge is 0.337 e. The van der Waals surface area contributed by atoms with Crippen LogP contribution in [-0.4, -0.2) is 34.8 Å². The molecule has 1 saturated heterocycles. The molecule has 4 heteroatoms. The van der Waals surface area contributed by atoms with Gasteiger partial charge in [0.1, 0.15) is 0 Å². The fourth-order valence-corrected chi connectivity index (χ4v) is 1.82. The van der Waals surface area contributed by atoms with Crippen molar-refractivity contribution in [1.82, 2.24) is 0 Å². The highest BCUT2D eigenvalue weighted by molar-refractivity contribution is 8.01. The standard InChI is InChI=1S/C6H10O3S/c1-2-9-6(5(7)8)3-10-4-6/h2-4H2,1H3,(H,7,8). The molecular formula is C6H10O3S. The summed E-state index contributed by atoms with van der Waals surface area (Å²) in [6.07, 6.45) is 0. The lowest BCUT2D eigenvalue weighted by Gasteiger charge is -2.36. The molecule has 1 heterocycles. The van der Waals surface area contributed by atoms with Gasteiger partial charge in [-0.25, -0.2) is 4.79 Å². The molecule has 0 unspecified atom stereocenters. The second-order valence-corrected chi connectivity index (χ2v) is 3.21. The minimum Gasteiger partial charge on any atom is -0.479 e. The van der Waals surface area contributed by atoms with Gasteiger partial charge in [0, 0.05) is 18.1 Å². The molecule has 0 aromatic heterocycles. The topological polar surface area (TPSA) is 46.5 Å². The average molecular weight is 162 g/mol. The van der Waals surface area contributed by atoms with Gasteiger partial charge in [-0.15, -0.1) is 0 Å². The number of hydrogen-bond donors (Lipinski definition) is 1. The first-order valence-corrected chi connectivity index (χ1v) is 4.32. The molecule has 0 aromatic carbocycles. The summed E-state index contributed by atoms with van der Waals surface area (Å²) in [5.41, 5.74) is -0.848. The summed E-state index contributed by atoms with van der Waals surface area (Å²) in [6, 6.07) is 0. The van der Waals surface area contributed by atoms with E-state index in [9.17, 15) is 4.79 Å². The number of aliphatic carboxylic acids is 1. The summed E-state index contributed by atoms with van der Waals surface area (Å²) in [5.74, 6) is 0.361. The normalized spacial score (nSPS) is 21.7. The summed E-state index contributed by atoms with van der Waals surface area (Å²) in [5, 5.41) is 8.68. The lowest BCUT2D eigenvalue weighted by molar-refractivity contribution is -0.160. The summed E-state index contributed by atoms with van der Waals surface area (Å²) < 4.78 is 5.11. The quantitative estimate of drug-likeness (QED) is 0.660. The highest BCUT2D eigenvalue weighted by atomic mass is 32.2. The van der Waals surface area contributed by atoms with Crippen LogP contribution in [0.2, 0.25) is 0 Å². The molecule has 0 amide bonds. The van der Waals surface area contributed by atoms with Gasteiger partial charge in [-0.05, 0) is 6.92 Å². The van der Waals surface area contributed by atoms with E-state index in [4.69, 9.17) is 9.84 Å². The summed E-state index contributed by atoms with van der Waals surface area (Å²) in [7, 11) is 0. The van der Waals surface area contributed by atoms with Crippen LogP contribution in [0.25, 0.3) is 0 Å². The number of rotatable bonds is 3. The van der Waals surface area contributed by atoms with Crippen LogP contribution in [0.4, 0.5) is 0 Å². The number of carbonyl (C=O) groups is 1. The highest BCUT2D eigenvalue weighted by Gasteiger charge is 2.46. The minimum absolute atomic E-state index is 0.479. The Morgan fingerprint density at radius 1 is 1.80 bits per heavy atom. The molecule has 58 valence electrons. The lowest BCUT2D eigenvalue weighted by atomic mass is 10.1. The fourth-order valence-electron chi connectivity index (χ4n) is 0.832. The molecule has 1 aliphatic rings. The van der Waals surface area contributed by atoms with Gasteiger partial charge in [0.25, 0.3) is 0 Å². The summed E-state index contributed by atoms with van der Waals surface area (Å²) in [6.45, 7) is 2.29. The SMILES string of the molecule is CCOC1(C(=O)O)CSC1. The monoisotopic (exact) mass is 162 g/mol. The Morgan fingerprint density at radius 3 is 2.50 bits per heavy atom. The number of hydrogen-bond acceptors (Lipinski definition) is 3. The van der Waals surface area contributed by atoms with Crippen LogP contribution in [0.15, 0.2) is 0 Å². The largest absolute Gasteiger partial charge is 0.479 e. The Hall–Kier alpha value is -0.220. The van der Waals surface area contributed by atoms with Crippen molar-refractivity contribution in [1.29, 1.82) is 0 Å². The van der Waals surface area contributed by atoms with Crippen LogP contribution < -0.4 is 0 Å². The van der Waals surface area contributed by atoms with E-state index in [-0.39, 0.29) is 0 Å². The van der Waals surface area contributed by atoms with E-state index in [2.05, 4.69) is 0 Å². The van der Waals surface area contributed by atoms with Crippen LogP contribution >= 0.6 is 11.8 Å². The number of ether oxygens (including phenoxy) is 1. The van der Waals surface area contributed by atoms with Gasteiger partial charge in [0.2, 0.25) is 0 Å². The fraction of sp³-hybridized carbons (Fsp3) is 0.833. The molecule has 0 spiro atoms. The first-order chi connectivity index (χ1) is 4.71. The van der Waals surface area contributed by atoms with E-state index in [0.29, 0.717) is 18.1 Å². The van der Waals surface area contributed by atoms with E-state index >= 15 is 0 Å². The summed E-state index contributed by atoms with van der Waals surface area (Å²) >= 11 is 1.61. The molecular weight excluding hydrogens is 152 g/mol. The first-order valence-electron chi connectivity index (χ1n) is 3.16. The van der Waals surface area contributed by atoms with E-state index in [0.717, 1.165) is 0 Å². The number of carboxylic acid groups (broad SMARTS) is 1.